The van der Waals surface area contributed by atoms with Crippen molar-refractivity contribution in [2.75, 3.05) is 13.1 Å². The third-order valence-electron chi connectivity index (χ3n) is 4.95. The van der Waals surface area contributed by atoms with Crippen LogP contribution in [0, 0.1) is 17.3 Å². The Labute approximate surface area is 121 Å². The van der Waals surface area contributed by atoms with E-state index in [4.69, 9.17) is 4.74 Å². The van der Waals surface area contributed by atoms with Crippen LogP contribution in [0.25, 0.3) is 0 Å². The van der Waals surface area contributed by atoms with Crippen molar-refractivity contribution in [3.63, 3.8) is 0 Å². The van der Waals surface area contributed by atoms with E-state index >= 15 is 0 Å². The van der Waals surface area contributed by atoms with Gasteiger partial charge in [0, 0.05) is 24.9 Å². The summed E-state index contributed by atoms with van der Waals surface area (Å²) in [6.07, 6.45) is 2.60. The molecule has 20 heavy (non-hydrogen) atoms. The molecule has 4 nitrogen and oxygen atoms in total. The van der Waals surface area contributed by atoms with Crippen molar-refractivity contribution in [3.8, 4) is 0 Å². The smallest absolute Gasteiger partial charge is 0.410 e. The molecule has 2 fully saturated rings. The molecule has 2 rings (SSSR count). The second kappa shape index (κ2) is 5.05. The van der Waals surface area contributed by atoms with Crippen molar-refractivity contribution in [2.45, 2.75) is 59.5 Å². The van der Waals surface area contributed by atoms with Gasteiger partial charge in [-0.3, -0.25) is 4.79 Å². The molecule has 0 aromatic heterocycles. The maximum absolute atomic E-state index is 12.1. The Morgan fingerprint density at radius 3 is 2.20 bits per heavy atom. The molecule has 1 saturated heterocycles. The molecule has 0 bridgehead atoms. The quantitative estimate of drug-likeness (QED) is 0.684. The van der Waals surface area contributed by atoms with Gasteiger partial charge in [-0.15, -0.1) is 0 Å². The van der Waals surface area contributed by atoms with Crippen molar-refractivity contribution in [1.29, 1.82) is 0 Å². The van der Waals surface area contributed by atoms with Crippen LogP contribution < -0.4 is 0 Å². The summed E-state index contributed by atoms with van der Waals surface area (Å²) in [7, 11) is 0. The number of Topliss-reactive ketones (excluding diaryl/α,β-unsaturated/α-hetero) is 1. The van der Waals surface area contributed by atoms with Crippen LogP contribution in [0.3, 0.4) is 0 Å². The van der Waals surface area contributed by atoms with E-state index in [1.807, 2.05) is 27.7 Å². The number of amides is 1. The van der Waals surface area contributed by atoms with Gasteiger partial charge < -0.3 is 9.64 Å². The zero-order valence-electron chi connectivity index (χ0n) is 13.4. The molecule has 2 unspecified atom stereocenters. The second-order valence-electron chi connectivity index (χ2n) is 7.56. The van der Waals surface area contributed by atoms with Gasteiger partial charge in [0.1, 0.15) is 11.4 Å². The monoisotopic (exact) mass is 281 g/mol. The van der Waals surface area contributed by atoms with Gasteiger partial charge in [-0.2, -0.15) is 0 Å². The normalized spacial score (nSPS) is 29.9. The summed E-state index contributed by atoms with van der Waals surface area (Å²) in [5.74, 6) is 0.715. The minimum atomic E-state index is -0.447. The molecular weight excluding hydrogens is 254 g/mol. The molecule has 4 heteroatoms. The van der Waals surface area contributed by atoms with E-state index in [0.717, 1.165) is 19.3 Å². The number of carbonyl (C=O) groups excluding carboxylic acids is 2. The molecule has 0 N–H and O–H groups in total. The molecule has 1 heterocycles. The number of piperidine rings is 1. The molecule has 1 spiro atoms. The molecule has 114 valence electrons. The predicted molar refractivity (Wildman–Crippen MR) is 77.4 cm³/mol. The lowest BCUT2D eigenvalue weighted by atomic mass is 9.71. The fourth-order valence-electron chi connectivity index (χ4n) is 3.71. The SMILES string of the molecule is CC1CC2(CCN(C(=O)OC(C)(C)C)CC2)C(C)C1=O. The maximum Gasteiger partial charge on any atom is 0.410 e. The predicted octanol–water partition coefficient (Wildman–Crippen LogP) is 3.25. The molecule has 0 aromatic carbocycles. The fourth-order valence-corrected chi connectivity index (χ4v) is 3.71. The number of carbonyl (C=O) groups is 2. The van der Waals surface area contributed by atoms with Crippen LogP contribution in [-0.2, 0) is 9.53 Å². The highest BCUT2D eigenvalue weighted by molar-refractivity contribution is 5.86. The zero-order valence-corrected chi connectivity index (χ0v) is 13.4. The summed E-state index contributed by atoms with van der Waals surface area (Å²) < 4.78 is 5.42. The molecule has 2 atom stereocenters. The van der Waals surface area contributed by atoms with Gasteiger partial charge in [0.05, 0.1) is 0 Å². The van der Waals surface area contributed by atoms with Gasteiger partial charge in [-0.05, 0) is 45.4 Å². The van der Waals surface area contributed by atoms with Crippen molar-refractivity contribution in [3.05, 3.63) is 0 Å². The number of hydrogen-bond acceptors (Lipinski definition) is 3. The molecule has 0 radical (unpaired) electrons. The van der Waals surface area contributed by atoms with Crippen LogP contribution in [0.15, 0.2) is 0 Å². The average Bonchev–Trinajstić information content (AvgIpc) is 2.53. The first kappa shape index (κ1) is 15.3. The van der Waals surface area contributed by atoms with Gasteiger partial charge in [0.2, 0.25) is 0 Å². The van der Waals surface area contributed by atoms with E-state index in [-0.39, 0.29) is 23.3 Å². The van der Waals surface area contributed by atoms with Crippen molar-refractivity contribution in [1.82, 2.24) is 4.90 Å². The number of nitrogens with zero attached hydrogens (tertiary/aromatic N) is 1. The summed E-state index contributed by atoms with van der Waals surface area (Å²) in [5, 5.41) is 0. The summed E-state index contributed by atoms with van der Waals surface area (Å²) in [6, 6.07) is 0. The van der Waals surface area contributed by atoms with Crippen LogP contribution in [0.5, 0.6) is 0 Å². The molecule has 0 aromatic rings. The second-order valence-corrected chi connectivity index (χ2v) is 7.56. The highest BCUT2D eigenvalue weighted by Crippen LogP contribution is 2.50. The van der Waals surface area contributed by atoms with Crippen LogP contribution in [-0.4, -0.2) is 35.5 Å². The number of ether oxygens (including phenoxy) is 1. The van der Waals surface area contributed by atoms with Crippen LogP contribution in [0.1, 0.15) is 53.9 Å². The first-order valence-electron chi connectivity index (χ1n) is 7.66. The first-order chi connectivity index (χ1) is 9.15. The number of hydrogen-bond donors (Lipinski definition) is 0. The largest absolute Gasteiger partial charge is 0.444 e. The lowest BCUT2D eigenvalue weighted by Gasteiger charge is -2.41. The third-order valence-corrected chi connectivity index (χ3v) is 4.95. The Kier molecular flexibility index (Phi) is 3.87. The van der Waals surface area contributed by atoms with Crippen molar-refractivity contribution >= 4 is 11.9 Å². The minimum Gasteiger partial charge on any atom is -0.444 e. The Morgan fingerprint density at radius 2 is 1.80 bits per heavy atom. The van der Waals surface area contributed by atoms with E-state index in [2.05, 4.69) is 6.92 Å². The van der Waals surface area contributed by atoms with Crippen molar-refractivity contribution < 1.29 is 14.3 Å². The van der Waals surface area contributed by atoms with E-state index in [1.54, 1.807) is 4.90 Å². The lowest BCUT2D eigenvalue weighted by molar-refractivity contribution is -0.124. The van der Waals surface area contributed by atoms with Crippen LogP contribution >= 0.6 is 0 Å². The van der Waals surface area contributed by atoms with Crippen LogP contribution in [0.4, 0.5) is 4.79 Å². The third kappa shape index (κ3) is 2.84. The highest BCUT2D eigenvalue weighted by atomic mass is 16.6. The van der Waals surface area contributed by atoms with Gasteiger partial charge >= 0.3 is 6.09 Å². The number of likely N-dealkylation sites (tertiary alicyclic amines) is 1. The van der Waals surface area contributed by atoms with Gasteiger partial charge in [-0.1, -0.05) is 13.8 Å². The topological polar surface area (TPSA) is 46.6 Å². The summed E-state index contributed by atoms with van der Waals surface area (Å²) in [4.78, 5) is 25.9. The number of ketones is 1. The van der Waals surface area contributed by atoms with E-state index in [0.29, 0.717) is 18.9 Å². The van der Waals surface area contributed by atoms with Gasteiger partial charge in [-0.25, -0.2) is 4.79 Å². The van der Waals surface area contributed by atoms with E-state index in [1.165, 1.54) is 0 Å². The average molecular weight is 281 g/mol. The Balaban J connectivity index is 1.96. The molecule has 1 aliphatic carbocycles. The first-order valence-corrected chi connectivity index (χ1v) is 7.66. The lowest BCUT2D eigenvalue weighted by Crippen LogP contribution is -2.46. The fraction of sp³-hybridized carbons (Fsp3) is 0.875. The maximum atomic E-state index is 12.1. The molecule has 1 aliphatic heterocycles. The Hall–Kier alpha value is -1.06. The van der Waals surface area contributed by atoms with E-state index < -0.39 is 5.60 Å². The number of rotatable bonds is 0. The highest BCUT2D eigenvalue weighted by Gasteiger charge is 2.50. The van der Waals surface area contributed by atoms with E-state index in [9.17, 15) is 9.59 Å². The summed E-state index contributed by atoms with van der Waals surface area (Å²) in [5.41, 5.74) is -0.327. The summed E-state index contributed by atoms with van der Waals surface area (Å²) >= 11 is 0. The molecule has 1 saturated carbocycles. The summed E-state index contributed by atoms with van der Waals surface area (Å²) in [6.45, 7) is 11.2. The van der Waals surface area contributed by atoms with Crippen molar-refractivity contribution in [2.24, 2.45) is 17.3 Å². The Morgan fingerprint density at radius 1 is 1.25 bits per heavy atom. The standard InChI is InChI=1S/C16H27NO3/c1-11-10-16(12(2)13(11)18)6-8-17(9-7-16)14(19)20-15(3,4)5/h11-12H,6-10H2,1-5H3. The zero-order chi connectivity index (χ0) is 15.1. The van der Waals surface area contributed by atoms with Gasteiger partial charge in [0.25, 0.3) is 0 Å². The molecule has 1 amide bonds. The van der Waals surface area contributed by atoms with Gasteiger partial charge in [0.15, 0.2) is 0 Å². The Bertz CT molecular complexity index is 402. The molecule has 2 aliphatic rings. The van der Waals surface area contributed by atoms with Crippen LogP contribution in [0.2, 0.25) is 0 Å². The minimum absolute atomic E-state index is 0.120. The molecular formula is C16H27NO3.